The Hall–Kier alpha value is -0.890. The van der Waals surface area contributed by atoms with Crippen LogP contribution in [0.25, 0.3) is 0 Å². The second kappa shape index (κ2) is 5.00. The molecule has 1 fully saturated rings. The average molecular weight is 250 g/mol. The molecule has 0 amide bonds. The highest BCUT2D eigenvalue weighted by atomic mass is 19.1. The highest BCUT2D eigenvalue weighted by Gasteiger charge is 2.37. The summed E-state index contributed by atoms with van der Waals surface area (Å²) in [4.78, 5) is 0. The minimum absolute atomic E-state index is 0.226. The summed E-state index contributed by atoms with van der Waals surface area (Å²) in [7, 11) is 0. The number of rotatable bonds is 2. The minimum Gasteiger partial charge on any atom is -0.385 e. The van der Waals surface area contributed by atoms with Gasteiger partial charge >= 0.3 is 0 Å². The lowest BCUT2D eigenvalue weighted by atomic mass is 9.70. The molecule has 1 aromatic carbocycles. The van der Waals surface area contributed by atoms with Gasteiger partial charge in [0.1, 0.15) is 5.82 Å². The van der Waals surface area contributed by atoms with E-state index in [1.165, 1.54) is 18.6 Å². The van der Waals surface area contributed by atoms with Crippen molar-refractivity contribution in [3.63, 3.8) is 0 Å². The van der Waals surface area contributed by atoms with E-state index in [0.29, 0.717) is 11.8 Å². The number of aryl methyl sites for hydroxylation is 1. The van der Waals surface area contributed by atoms with Crippen LogP contribution >= 0.6 is 0 Å². The first-order valence-electron chi connectivity index (χ1n) is 6.91. The Labute approximate surface area is 109 Å². The van der Waals surface area contributed by atoms with Crippen LogP contribution in [0.2, 0.25) is 0 Å². The zero-order valence-corrected chi connectivity index (χ0v) is 11.5. The third-order valence-electron chi connectivity index (χ3n) is 4.40. The van der Waals surface area contributed by atoms with Crippen molar-refractivity contribution < 1.29 is 9.50 Å². The minimum atomic E-state index is -0.759. The quantitative estimate of drug-likeness (QED) is 0.835. The Kier molecular flexibility index (Phi) is 3.76. The van der Waals surface area contributed by atoms with E-state index in [1.54, 1.807) is 6.07 Å². The predicted molar refractivity (Wildman–Crippen MR) is 71.8 cm³/mol. The summed E-state index contributed by atoms with van der Waals surface area (Å²) in [6.45, 7) is 6.32. The Bertz CT molecular complexity index is 427. The number of hydrogen-bond donors (Lipinski definition) is 1. The first-order valence-corrected chi connectivity index (χ1v) is 6.91. The van der Waals surface area contributed by atoms with Gasteiger partial charge in [0.15, 0.2) is 0 Å². The average Bonchev–Trinajstić information content (AvgIpc) is 2.28. The third kappa shape index (κ3) is 2.59. The predicted octanol–water partition coefficient (Wildman–Crippen LogP) is 4.17. The lowest BCUT2D eigenvalue weighted by Gasteiger charge is -2.39. The molecule has 2 unspecified atom stereocenters. The monoisotopic (exact) mass is 250 g/mol. The van der Waals surface area contributed by atoms with E-state index in [0.717, 1.165) is 30.4 Å². The zero-order chi connectivity index (χ0) is 13.3. The van der Waals surface area contributed by atoms with Gasteiger partial charge in [0.2, 0.25) is 0 Å². The topological polar surface area (TPSA) is 20.2 Å². The summed E-state index contributed by atoms with van der Waals surface area (Å²) < 4.78 is 13.2. The molecule has 0 aromatic heterocycles. The van der Waals surface area contributed by atoms with Gasteiger partial charge in [-0.3, -0.25) is 0 Å². The van der Waals surface area contributed by atoms with Crippen LogP contribution in [0.15, 0.2) is 18.2 Å². The number of aliphatic hydroxyl groups is 1. The van der Waals surface area contributed by atoms with Gasteiger partial charge < -0.3 is 5.11 Å². The van der Waals surface area contributed by atoms with E-state index in [1.807, 2.05) is 6.92 Å². The van der Waals surface area contributed by atoms with Crippen LogP contribution in [0.3, 0.4) is 0 Å². The fraction of sp³-hybridized carbons (Fsp3) is 0.625. The van der Waals surface area contributed by atoms with Crippen molar-refractivity contribution in [1.82, 2.24) is 0 Å². The van der Waals surface area contributed by atoms with Gasteiger partial charge in [-0.2, -0.15) is 0 Å². The van der Waals surface area contributed by atoms with Crippen molar-refractivity contribution >= 4 is 0 Å². The molecule has 0 bridgehead atoms. The molecule has 100 valence electrons. The Morgan fingerprint density at radius 3 is 2.72 bits per heavy atom. The van der Waals surface area contributed by atoms with Gasteiger partial charge in [0, 0.05) is 0 Å². The zero-order valence-electron chi connectivity index (χ0n) is 11.5. The molecule has 1 nitrogen and oxygen atoms in total. The van der Waals surface area contributed by atoms with Gasteiger partial charge in [-0.15, -0.1) is 0 Å². The van der Waals surface area contributed by atoms with E-state index in [-0.39, 0.29) is 5.82 Å². The van der Waals surface area contributed by atoms with Crippen molar-refractivity contribution in [2.24, 2.45) is 11.8 Å². The van der Waals surface area contributed by atoms with Crippen molar-refractivity contribution in [1.29, 1.82) is 0 Å². The number of benzene rings is 1. The molecule has 0 radical (unpaired) electrons. The van der Waals surface area contributed by atoms with Crippen LogP contribution in [-0.2, 0) is 5.60 Å². The first kappa shape index (κ1) is 13.5. The van der Waals surface area contributed by atoms with Gasteiger partial charge in [-0.05, 0) is 67.7 Å². The van der Waals surface area contributed by atoms with Crippen LogP contribution in [0.1, 0.15) is 50.7 Å². The van der Waals surface area contributed by atoms with E-state index in [2.05, 4.69) is 13.8 Å². The van der Waals surface area contributed by atoms with Gasteiger partial charge in [0.25, 0.3) is 0 Å². The molecule has 0 spiro atoms. The van der Waals surface area contributed by atoms with Crippen LogP contribution in [-0.4, -0.2) is 5.11 Å². The summed E-state index contributed by atoms with van der Waals surface area (Å²) in [5, 5.41) is 10.9. The molecule has 1 aliphatic carbocycles. The van der Waals surface area contributed by atoms with E-state index >= 15 is 0 Å². The Morgan fingerprint density at radius 2 is 2.11 bits per heavy atom. The number of hydrogen-bond acceptors (Lipinski definition) is 1. The Balaban J connectivity index is 2.29. The molecule has 2 atom stereocenters. The maximum atomic E-state index is 13.2. The molecular formula is C16H23FO. The molecule has 0 saturated heterocycles. The fourth-order valence-electron chi connectivity index (χ4n) is 3.26. The van der Waals surface area contributed by atoms with E-state index in [9.17, 15) is 9.50 Å². The molecule has 2 rings (SSSR count). The van der Waals surface area contributed by atoms with E-state index < -0.39 is 5.60 Å². The molecule has 0 heterocycles. The first-order chi connectivity index (χ1) is 8.42. The standard InChI is InChI=1S/C16H23FO/c1-11(2)13-5-4-8-16(18,10-13)15-7-6-14(17)9-12(15)3/h6-7,9,11,13,18H,4-5,8,10H2,1-3H3. The fourth-order valence-corrected chi connectivity index (χ4v) is 3.26. The summed E-state index contributed by atoms with van der Waals surface area (Å²) >= 11 is 0. The SMILES string of the molecule is Cc1cc(F)ccc1C1(O)CCCC(C(C)C)C1. The van der Waals surface area contributed by atoms with Crippen molar-refractivity contribution in [3.8, 4) is 0 Å². The van der Waals surface area contributed by atoms with Crippen LogP contribution in [0, 0.1) is 24.6 Å². The summed E-state index contributed by atoms with van der Waals surface area (Å²) in [6, 6.07) is 4.74. The van der Waals surface area contributed by atoms with Crippen molar-refractivity contribution in [3.05, 3.63) is 35.1 Å². The molecular weight excluding hydrogens is 227 g/mol. The lowest BCUT2D eigenvalue weighted by Crippen LogP contribution is -2.35. The van der Waals surface area contributed by atoms with E-state index in [4.69, 9.17) is 0 Å². The largest absolute Gasteiger partial charge is 0.385 e. The third-order valence-corrected chi connectivity index (χ3v) is 4.40. The summed E-state index contributed by atoms with van der Waals surface area (Å²) in [6.07, 6.45) is 3.84. The summed E-state index contributed by atoms with van der Waals surface area (Å²) in [5.41, 5.74) is 1.02. The summed E-state index contributed by atoms with van der Waals surface area (Å²) in [5.74, 6) is 0.932. The molecule has 18 heavy (non-hydrogen) atoms. The molecule has 1 N–H and O–H groups in total. The van der Waals surface area contributed by atoms with Crippen LogP contribution in [0.4, 0.5) is 4.39 Å². The van der Waals surface area contributed by atoms with Crippen LogP contribution in [0.5, 0.6) is 0 Å². The van der Waals surface area contributed by atoms with Crippen molar-refractivity contribution in [2.75, 3.05) is 0 Å². The van der Waals surface area contributed by atoms with Gasteiger partial charge in [-0.25, -0.2) is 4.39 Å². The smallest absolute Gasteiger partial charge is 0.123 e. The normalized spacial score (nSPS) is 28.7. The molecule has 1 aromatic rings. The van der Waals surface area contributed by atoms with Gasteiger partial charge in [-0.1, -0.05) is 19.9 Å². The highest BCUT2D eigenvalue weighted by molar-refractivity contribution is 5.32. The molecule has 2 heteroatoms. The molecule has 0 aliphatic heterocycles. The molecule has 1 aliphatic rings. The maximum absolute atomic E-state index is 13.2. The van der Waals surface area contributed by atoms with Gasteiger partial charge in [0.05, 0.1) is 5.60 Å². The van der Waals surface area contributed by atoms with Crippen LogP contribution < -0.4 is 0 Å². The highest BCUT2D eigenvalue weighted by Crippen LogP contribution is 2.43. The second-order valence-electron chi connectivity index (χ2n) is 6.09. The molecule has 1 saturated carbocycles. The number of halogens is 1. The maximum Gasteiger partial charge on any atom is 0.123 e. The second-order valence-corrected chi connectivity index (χ2v) is 6.09. The Morgan fingerprint density at radius 1 is 1.39 bits per heavy atom. The van der Waals surface area contributed by atoms with Crippen molar-refractivity contribution in [2.45, 2.75) is 52.1 Å². The lowest BCUT2D eigenvalue weighted by molar-refractivity contribution is -0.0300.